The second-order valence-electron chi connectivity index (χ2n) is 6.79. The summed E-state index contributed by atoms with van der Waals surface area (Å²) in [5, 5.41) is 3.56. The molecule has 4 rings (SSSR count). The van der Waals surface area contributed by atoms with E-state index >= 15 is 0 Å². The van der Waals surface area contributed by atoms with Crippen molar-refractivity contribution < 1.29 is 13.9 Å². The van der Waals surface area contributed by atoms with Crippen LogP contribution in [-0.4, -0.2) is 37.2 Å². The summed E-state index contributed by atoms with van der Waals surface area (Å²) < 4.78 is 11.2. The first-order valence-corrected chi connectivity index (χ1v) is 9.99. The van der Waals surface area contributed by atoms with E-state index in [1.165, 1.54) is 0 Å². The van der Waals surface area contributed by atoms with E-state index in [2.05, 4.69) is 15.2 Å². The number of hydrogen-bond donors (Lipinski definition) is 1. The summed E-state index contributed by atoms with van der Waals surface area (Å²) in [5.41, 5.74) is 2.63. The van der Waals surface area contributed by atoms with Crippen molar-refractivity contribution in [2.45, 2.75) is 12.8 Å². The van der Waals surface area contributed by atoms with E-state index in [-0.39, 0.29) is 12.3 Å². The molecule has 2 aromatic carbocycles. The summed E-state index contributed by atoms with van der Waals surface area (Å²) in [6, 6.07) is 15.3. The van der Waals surface area contributed by atoms with Gasteiger partial charge in [0.05, 0.1) is 30.8 Å². The van der Waals surface area contributed by atoms with E-state index in [4.69, 9.17) is 20.8 Å². The lowest BCUT2D eigenvalue weighted by atomic mass is 10.2. The summed E-state index contributed by atoms with van der Waals surface area (Å²) >= 11 is 6.15. The average molecular weight is 412 g/mol. The Kier molecular flexibility index (Phi) is 6.12. The lowest BCUT2D eigenvalue weighted by molar-refractivity contribution is -0.116. The molecule has 3 aromatic rings. The standard InChI is InChI=1S/C22H22ClN3O3/c23-17-6-7-19(26-10-12-28-13-11-26)18(14-17)25-21(27)8-9-22-24-15-20(29-22)16-4-2-1-3-5-16/h1-7,14-15H,8-13H2,(H,25,27). The molecule has 1 N–H and O–H groups in total. The van der Waals surface area contributed by atoms with Crippen LogP contribution in [0.15, 0.2) is 59.1 Å². The van der Waals surface area contributed by atoms with Crippen molar-refractivity contribution in [2.24, 2.45) is 0 Å². The number of rotatable bonds is 6. The average Bonchev–Trinajstić information content (AvgIpc) is 3.23. The number of halogens is 1. The van der Waals surface area contributed by atoms with Gasteiger partial charge in [0.25, 0.3) is 0 Å². The second kappa shape index (κ2) is 9.11. The number of aryl methyl sites for hydroxylation is 1. The number of hydrogen-bond acceptors (Lipinski definition) is 5. The molecular weight excluding hydrogens is 390 g/mol. The molecule has 1 aromatic heterocycles. The van der Waals surface area contributed by atoms with Gasteiger partial charge in [0.2, 0.25) is 5.91 Å². The van der Waals surface area contributed by atoms with Gasteiger partial charge in [-0.05, 0) is 18.2 Å². The molecule has 1 amide bonds. The second-order valence-corrected chi connectivity index (χ2v) is 7.23. The number of nitrogens with one attached hydrogen (secondary N) is 1. The van der Waals surface area contributed by atoms with E-state index in [1.807, 2.05) is 42.5 Å². The third kappa shape index (κ3) is 4.96. The highest BCUT2D eigenvalue weighted by molar-refractivity contribution is 6.31. The van der Waals surface area contributed by atoms with Crippen LogP contribution in [0.2, 0.25) is 5.02 Å². The number of morpholine rings is 1. The van der Waals surface area contributed by atoms with Gasteiger partial charge in [0.15, 0.2) is 11.7 Å². The molecule has 0 unspecified atom stereocenters. The van der Waals surface area contributed by atoms with Crippen LogP contribution in [0.3, 0.4) is 0 Å². The number of anilines is 2. The van der Waals surface area contributed by atoms with Gasteiger partial charge >= 0.3 is 0 Å². The number of amides is 1. The van der Waals surface area contributed by atoms with Crippen molar-refractivity contribution in [2.75, 3.05) is 36.5 Å². The summed E-state index contributed by atoms with van der Waals surface area (Å²) in [6.07, 6.45) is 2.38. The Balaban J connectivity index is 1.39. The number of benzene rings is 2. The first-order chi connectivity index (χ1) is 14.2. The van der Waals surface area contributed by atoms with E-state index in [0.29, 0.717) is 42.0 Å². The van der Waals surface area contributed by atoms with E-state index in [9.17, 15) is 4.79 Å². The third-order valence-corrected chi connectivity index (χ3v) is 5.00. The lowest BCUT2D eigenvalue weighted by Gasteiger charge is -2.30. The predicted molar refractivity (Wildman–Crippen MR) is 113 cm³/mol. The molecule has 6 nitrogen and oxygen atoms in total. The maximum absolute atomic E-state index is 12.5. The third-order valence-electron chi connectivity index (χ3n) is 4.76. The topological polar surface area (TPSA) is 67.6 Å². The Morgan fingerprint density at radius 3 is 2.72 bits per heavy atom. The van der Waals surface area contributed by atoms with Crippen molar-refractivity contribution in [3.05, 3.63) is 65.6 Å². The minimum absolute atomic E-state index is 0.110. The molecule has 1 aliphatic heterocycles. The summed E-state index contributed by atoms with van der Waals surface area (Å²) in [5.74, 6) is 1.13. The predicted octanol–water partition coefficient (Wildman–Crippen LogP) is 4.40. The Morgan fingerprint density at radius 2 is 1.93 bits per heavy atom. The molecule has 1 saturated heterocycles. The van der Waals surface area contributed by atoms with Crippen molar-refractivity contribution in [1.82, 2.24) is 4.98 Å². The van der Waals surface area contributed by atoms with Crippen LogP contribution in [0.1, 0.15) is 12.3 Å². The zero-order valence-corrected chi connectivity index (χ0v) is 16.7. The molecule has 1 aliphatic rings. The first kappa shape index (κ1) is 19.5. The van der Waals surface area contributed by atoms with Gasteiger partial charge in [0.1, 0.15) is 0 Å². The highest BCUT2D eigenvalue weighted by atomic mass is 35.5. The number of nitrogens with zero attached hydrogens (tertiary/aromatic N) is 2. The Bertz CT molecular complexity index is 968. The van der Waals surface area contributed by atoms with Crippen molar-refractivity contribution in [1.29, 1.82) is 0 Å². The van der Waals surface area contributed by atoms with Gasteiger partial charge in [0, 0.05) is 36.5 Å². The summed E-state index contributed by atoms with van der Waals surface area (Å²) in [7, 11) is 0. The molecule has 7 heteroatoms. The van der Waals surface area contributed by atoms with E-state index in [0.717, 1.165) is 24.3 Å². The molecule has 0 radical (unpaired) electrons. The summed E-state index contributed by atoms with van der Waals surface area (Å²) in [6.45, 7) is 2.90. The Hall–Kier alpha value is -2.83. The number of carbonyl (C=O) groups excluding carboxylic acids is 1. The zero-order valence-electron chi connectivity index (χ0n) is 15.9. The van der Waals surface area contributed by atoms with Crippen molar-refractivity contribution in [3.8, 4) is 11.3 Å². The normalized spacial score (nSPS) is 14.0. The monoisotopic (exact) mass is 411 g/mol. The Morgan fingerprint density at radius 1 is 1.14 bits per heavy atom. The highest BCUT2D eigenvalue weighted by Gasteiger charge is 2.17. The number of ether oxygens (including phenoxy) is 1. The van der Waals surface area contributed by atoms with Crippen LogP contribution >= 0.6 is 11.6 Å². The van der Waals surface area contributed by atoms with Crippen LogP contribution in [0.25, 0.3) is 11.3 Å². The fraction of sp³-hybridized carbons (Fsp3) is 0.273. The highest BCUT2D eigenvalue weighted by Crippen LogP contribution is 2.30. The zero-order chi connectivity index (χ0) is 20.1. The number of carbonyl (C=O) groups is 1. The smallest absolute Gasteiger partial charge is 0.224 e. The van der Waals surface area contributed by atoms with Gasteiger partial charge < -0.3 is 19.4 Å². The molecule has 1 fully saturated rings. The molecule has 2 heterocycles. The lowest BCUT2D eigenvalue weighted by Crippen LogP contribution is -2.36. The molecule has 150 valence electrons. The number of aromatic nitrogens is 1. The van der Waals surface area contributed by atoms with Crippen LogP contribution in [0.5, 0.6) is 0 Å². The van der Waals surface area contributed by atoms with Gasteiger partial charge in [-0.15, -0.1) is 0 Å². The molecule has 0 atom stereocenters. The quantitative estimate of drug-likeness (QED) is 0.651. The number of oxazole rings is 1. The van der Waals surface area contributed by atoms with Crippen LogP contribution < -0.4 is 10.2 Å². The minimum atomic E-state index is -0.110. The maximum Gasteiger partial charge on any atom is 0.224 e. The maximum atomic E-state index is 12.5. The van der Waals surface area contributed by atoms with Crippen LogP contribution in [0.4, 0.5) is 11.4 Å². The molecule has 0 bridgehead atoms. The minimum Gasteiger partial charge on any atom is -0.441 e. The van der Waals surface area contributed by atoms with Gasteiger partial charge in [-0.3, -0.25) is 4.79 Å². The molecule has 0 aliphatic carbocycles. The van der Waals surface area contributed by atoms with Crippen molar-refractivity contribution >= 4 is 28.9 Å². The fourth-order valence-corrected chi connectivity index (χ4v) is 3.46. The largest absolute Gasteiger partial charge is 0.441 e. The van der Waals surface area contributed by atoms with Crippen LogP contribution in [0, 0.1) is 0 Å². The van der Waals surface area contributed by atoms with E-state index in [1.54, 1.807) is 12.3 Å². The molecular formula is C22H22ClN3O3. The van der Waals surface area contributed by atoms with Crippen LogP contribution in [-0.2, 0) is 16.0 Å². The molecule has 0 spiro atoms. The summed E-state index contributed by atoms with van der Waals surface area (Å²) in [4.78, 5) is 19.0. The Labute approximate surface area is 174 Å². The SMILES string of the molecule is O=C(CCc1ncc(-c2ccccc2)o1)Nc1cc(Cl)ccc1N1CCOCC1. The molecule has 29 heavy (non-hydrogen) atoms. The van der Waals surface area contributed by atoms with Crippen molar-refractivity contribution in [3.63, 3.8) is 0 Å². The van der Waals surface area contributed by atoms with E-state index < -0.39 is 0 Å². The van der Waals surface area contributed by atoms with Gasteiger partial charge in [-0.25, -0.2) is 4.98 Å². The fourth-order valence-electron chi connectivity index (χ4n) is 3.28. The van der Waals surface area contributed by atoms with Gasteiger partial charge in [-0.1, -0.05) is 41.9 Å². The first-order valence-electron chi connectivity index (χ1n) is 9.61. The molecule has 0 saturated carbocycles. The van der Waals surface area contributed by atoms with Gasteiger partial charge in [-0.2, -0.15) is 0 Å².